The van der Waals surface area contributed by atoms with Gasteiger partial charge in [0.25, 0.3) is 0 Å². The van der Waals surface area contributed by atoms with E-state index in [1.165, 1.54) is 0 Å². The van der Waals surface area contributed by atoms with Crippen molar-refractivity contribution in [3.8, 4) is 11.5 Å². The normalized spacial score (nSPS) is 13.7. The van der Waals surface area contributed by atoms with Gasteiger partial charge in [0.1, 0.15) is 0 Å². The fourth-order valence-electron chi connectivity index (χ4n) is 3.52. The summed E-state index contributed by atoms with van der Waals surface area (Å²) in [5.74, 6) is 2.08. The molecule has 2 aromatic carbocycles. The number of nitrogens with one attached hydrogen (secondary N) is 1. The van der Waals surface area contributed by atoms with Crippen LogP contribution < -0.4 is 20.5 Å². The van der Waals surface area contributed by atoms with Crippen molar-refractivity contribution in [2.24, 2.45) is 10.7 Å². The number of carbonyl (C=O) groups excluding carboxylic acids is 1. The third kappa shape index (κ3) is 7.30. The van der Waals surface area contributed by atoms with Gasteiger partial charge in [-0.25, -0.2) is 4.99 Å². The Morgan fingerprint density at radius 1 is 1.10 bits per heavy atom. The van der Waals surface area contributed by atoms with Gasteiger partial charge >= 0.3 is 0 Å². The number of amides is 1. The Balaban J connectivity index is 0.00000341. The van der Waals surface area contributed by atoms with E-state index in [-0.39, 0.29) is 29.9 Å². The zero-order valence-electron chi connectivity index (χ0n) is 18.1. The summed E-state index contributed by atoms with van der Waals surface area (Å²) in [6.07, 6.45) is 2.40. The number of nitrogens with two attached hydrogens (primary N) is 1. The van der Waals surface area contributed by atoms with Crippen LogP contribution in [-0.2, 0) is 24.3 Å². The van der Waals surface area contributed by atoms with Gasteiger partial charge in [0, 0.05) is 26.1 Å². The van der Waals surface area contributed by atoms with Crippen LogP contribution in [-0.4, -0.2) is 44.1 Å². The first-order chi connectivity index (χ1) is 14.6. The summed E-state index contributed by atoms with van der Waals surface area (Å²) in [7, 11) is 3.25. The van der Waals surface area contributed by atoms with E-state index < -0.39 is 0 Å². The number of aliphatic imine (C=N–C) groups is 1. The maximum absolute atomic E-state index is 11.8. The van der Waals surface area contributed by atoms with E-state index in [4.69, 9.17) is 15.2 Å². The van der Waals surface area contributed by atoms with E-state index >= 15 is 0 Å². The highest BCUT2D eigenvalue weighted by molar-refractivity contribution is 14.0. The number of guanidine groups is 1. The molecule has 0 atom stereocenters. The predicted molar refractivity (Wildman–Crippen MR) is 133 cm³/mol. The lowest BCUT2D eigenvalue weighted by Crippen LogP contribution is -2.33. The molecule has 31 heavy (non-hydrogen) atoms. The lowest BCUT2D eigenvalue weighted by Gasteiger charge is -2.15. The van der Waals surface area contributed by atoms with Crippen LogP contribution in [0, 0.1) is 0 Å². The van der Waals surface area contributed by atoms with Crippen LogP contribution >= 0.6 is 24.0 Å². The maximum atomic E-state index is 11.8. The highest BCUT2D eigenvalue weighted by atomic mass is 127. The average molecular weight is 538 g/mol. The smallest absolute Gasteiger partial charge is 0.222 e. The number of hydrogen-bond donors (Lipinski definition) is 2. The van der Waals surface area contributed by atoms with Crippen molar-refractivity contribution >= 4 is 35.8 Å². The first kappa shape index (κ1) is 24.8. The fraction of sp³-hybridized carbons (Fsp3) is 0.391. The summed E-state index contributed by atoms with van der Waals surface area (Å²) in [4.78, 5) is 18.2. The van der Waals surface area contributed by atoms with Crippen LogP contribution in [0.5, 0.6) is 11.5 Å². The maximum Gasteiger partial charge on any atom is 0.222 e. The first-order valence-electron chi connectivity index (χ1n) is 10.2. The first-order valence-corrected chi connectivity index (χ1v) is 10.2. The topological polar surface area (TPSA) is 89.2 Å². The van der Waals surface area contributed by atoms with Gasteiger partial charge in [-0.1, -0.05) is 30.3 Å². The summed E-state index contributed by atoms with van der Waals surface area (Å²) < 4.78 is 10.6. The number of methoxy groups -OCH3 is 2. The molecular weight excluding hydrogens is 507 g/mol. The number of likely N-dealkylation sites (tertiary alicyclic amines) is 1. The molecule has 3 rings (SSSR count). The number of ether oxygens (including phenoxy) is 2. The van der Waals surface area contributed by atoms with Gasteiger partial charge in [0.2, 0.25) is 5.91 Å². The molecule has 1 aliphatic rings. The predicted octanol–water partition coefficient (Wildman–Crippen LogP) is 3.09. The second-order valence-corrected chi connectivity index (χ2v) is 7.31. The van der Waals surface area contributed by atoms with Crippen LogP contribution in [0.15, 0.2) is 47.5 Å². The Hall–Kier alpha value is -2.49. The molecule has 0 unspecified atom stereocenters. The standard InChI is InChI=1S/C23H30N4O3.HI/c1-29-20-9-8-17(14-21(20)30-2)10-11-25-23(24)26-15-18-5-3-6-19(13-18)16-27-12-4-7-22(27)28;/h3,5-6,8-9,13-14H,4,7,10-12,15-16H2,1-2H3,(H3,24,25,26);1H. The Labute approximate surface area is 201 Å². The van der Waals surface area contributed by atoms with Crippen LogP contribution in [0.1, 0.15) is 29.5 Å². The van der Waals surface area contributed by atoms with Crippen molar-refractivity contribution in [3.05, 3.63) is 59.2 Å². The second kappa shape index (κ2) is 12.4. The van der Waals surface area contributed by atoms with Crippen LogP contribution in [0.3, 0.4) is 0 Å². The molecule has 8 heteroatoms. The minimum Gasteiger partial charge on any atom is -0.493 e. The zero-order chi connectivity index (χ0) is 21.3. The van der Waals surface area contributed by atoms with Crippen LogP contribution in [0.4, 0.5) is 0 Å². The van der Waals surface area contributed by atoms with Gasteiger partial charge in [0.15, 0.2) is 17.5 Å². The van der Waals surface area contributed by atoms with Crippen molar-refractivity contribution < 1.29 is 14.3 Å². The molecule has 0 spiro atoms. The van der Waals surface area contributed by atoms with Crippen LogP contribution in [0.25, 0.3) is 0 Å². The molecular formula is C23H31IN4O3. The van der Waals surface area contributed by atoms with Gasteiger partial charge in [-0.05, 0) is 41.7 Å². The van der Waals surface area contributed by atoms with Crippen molar-refractivity contribution in [2.75, 3.05) is 27.3 Å². The molecule has 1 saturated heterocycles. The lowest BCUT2D eigenvalue weighted by molar-refractivity contribution is -0.128. The van der Waals surface area contributed by atoms with E-state index in [1.54, 1.807) is 14.2 Å². The lowest BCUT2D eigenvalue weighted by atomic mass is 10.1. The molecule has 0 saturated carbocycles. The largest absolute Gasteiger partial charge is 0.493 e. The summed E-state index contributed by atoms with van der Waals surface area (Å²) in [6.45, 7) is 2.67. The Kier molecular flexibility index (Phi) is 9.90. The Bertz CT molecular complexity index is 904. The van der Waals surface area contributed by atoms with Gasteiger partial charge in [-0.3, -0.25) is 4.79 Å². The van der Waals surface area contributed by atoms with Crippen molar-refractivity contribution in [1.82, 2.24) is 10.2 Å². The van der Waals surface area contributed by atoms with E-state index in [1.807, 2.05) is 41.3 Å². The molecule has 0 radical (unpaired) electrons. The number of benzene rings is 2. The van der Waals surface area contributed by atoms with Gasteiger partial charge in [-0.15, -0.1) is 24.0 Å². The Morgan fingerprint density at radius 2 is 1.87 bits per heavy atom. The molecule has 0 aliphatic carbocycles. The number of nitrogens with zero attached hydrogens (tertiary/aromatic N) is 2. The molecule has 1 fully saturated rings. The Morgan fingerprint density at radius 3 is 2.58 bits per heavy atom. The molecule has 3 N–H and O–H groups in total. The summed E-state index contributed by atoms with van der Waals surface area (Å²) in [6, 6.07) is 14.0. The number of halogens is 1. The number of rotatable bonds is 9. The highest BCUT2D eigenvalue weighted by Crippen LogP contribution is 2.27. The van der Waals surface area contributed by atoms with Crippen molar-refractivity contribution in [1.29, 1.82) is 0 Å². The molecule has 168 valence electrons. The third-order valence-corrected chi connectivity index (χ3v) is 5.14. The van der Waals surface area contributed by atoms with Crippen molar-refractivity contribution in [2.45, 2.75) is 32.4 Å². The number of carbonyl (C=O) groups is 1. The van der Waals surface area contributed by atoms with Crippen LogP contribution in [0.2, 0.25) is 0 Å². The highest BCUT2D eigenvalue weighted by Gasteiger charge is 2.19. The quantitative estimate of drug-likeness (QED) is 0.291. The second-order valence-electron chi connectivity index (χ2n) is 7.31. The SMILES string of the molecule is COc1ccc(CCNC(N)=NCc2cccc(CN3CCCC3=O)c2)cc1OC.I. The van der Waals surface area contributed by atoms with E-state index in [0.717, 1.165) is 36.1 Å². The average Bonchev–Trinajstić information content (AvgIpc) is 3.16. The minimum absolute atomic E-state index is 0. The van der Waals surface area contributed by atoms with Gasteiger partial charge < -0.3 is 25.4 Å². The number of hydrogen-bond acceptors (Lipinski definition) is 4. The summed E-state index contributed by atoms with van der Waals surface area (Å²) >= 11 is 0. The van der Waals surface area contributed by atoms with E-state index in [9.17, 15) is 4.79 Å². The fourth-order valence-corrected chi connectivity index (χ4v) is 3.52. The monoisotopic (exact) mass is 538 g/mol. The third-order valence-electron chi connectivity index (χ3n) is 5.14. The van der Waals surface area contributed by atoms with E-state index in [0.29, 0.717) is 43.5 Å². The van der Waals surface area contributed by atoms with Gasteiger partial charge in [0.05, 0.1) is 20.8 Å². The molecule has 7 nitrogen and oxygen atoms in total. The van der Waals surface area contributed by atoms with Crippen molar-refractivity contribution in [3.63, 3.8) is 0 Å². The molecule has 1 amide bonds. The molecule has 0 bridgehead atoms. The summed E-state index contributed by atoms with van der Waals surface area (Å²) in [5, 5.41) is 3.15. The molecule has 1 aliphatic heterocycles. The minimum atomic E-state index is 0. The molecule has 2 aromatic rings. The summed E-state index contributed by atoms with van der Waals surface area (Å²) in [5.41, 5.74) is 9.34. The molecule has 1 heterocycles. The molecule has 0 aromatic heterocycles. The van der Waals surface area contributed by atoms with Gasteiger partial charge in [-0.2, -0.15) is 0 Å². The van der Waals surface area contributed by atoms with E-state index in [2.05, 4.69) is 16.4 Å². The zero-order valence-corrected chi connectivity index (χ0v) is 20.4.